The van der Waals surface area contributed by atoms with Crippen LogP contribution in [0.15, 0.2) is 0 Å². The van der Waals surface area contributed by atoms with Crippen LogP contribution >= 0.6 is 0 Å². The summed E-state index contributed by atoms with van der Waals surface area (Å²) in [6, 6.07) is 0.961. The van der Waals surface area contributed by atoms with Gasteiger partial charge >= 0.3 is 5.97 Å². The molecule has 0 aromatic carbocycles. The Morgan fingerprint density at radius 3 is 2.45 bits per heavy atom. The average molecular weight is 281 g/mol. The highest BCUT2D eigenvalue weighted by Crippen LogP contribution is 2.34. The van der Waals surface area contributed by atoms with Crippen molar-refractivity contribution in [2.24, 2.45) is 5.92 Å². The third kappa shape index (κ3) is 2.81. The minimum atomic E-state index is -0.753. The number of amides is 1. The monoisotopic (exact) mass is 281 g/mol. The van der Waals surface area contributed by atoms with Crippen molar-refractivity contribution in [1.82, 2.24) is 15.1 Å². The Morgan fingerprint density at radius 1 is 1.15 bits per heavy atom. The minimum absolute atomic E-state index is 0.180. The molecule has 3 rings (SSSR count). The van der Waals surface area contributed by atoms with Crippen LogP contribution in [0.25, 0.3) is 0 Å². The molecule has 0 aromatic heterocycles. The number of aliphatic carboxylic acids is 1. The lowest BCUT2D eigenvalue weighted by Crippen LogP contribution is -2.51. The van der Waals surface area contributed by atoms with Crippen LogP contribution in [0, 0.1) is 5.92 Å². The minimum Gasteiger partial charge on any atom is -0.481 e. The van der Waals surface area contributed by atoms with E-state index in [0.29, 0.717) is 24.5 Å². The van der Waals surface area contributed by atoms with Crippen molar-refractivity contribution in [2.75, 3.05) is 32.7 Å². The van der Waals surface area contributed by atoms with E-state index in [2.05, 4.69) is 10.2 Å². The maximum atomic E-state index is 12.5. The number of carbonyl (C=O) groups excluding carboxylic acids is 1. The van der Waals surface area contributed by atoms with Crippen molar-refractivity contribution in [3.8, 4) is 0 Å². The maximum absolute atomic E-state index is 12.5. The zero-order chi connectivity index (χ0) is 14.1. The number of nitrogens with zero attached hydrogens (tertiary/aromatic N) is 2. The molecule has 6 nitrogen and oxygen atoms in total. The molecule has 0 aromatic rings. The molecular weight excluding hydrogens is 258 g/mol. The summed E-state index contributed by atoms with van der Waals surface area (Å²) in [6.07, 6.45) is 3.55. The third-order valence-electron chi connectivity index (χ3n) is 4.94. The van der Waals surface area contributed by atoms with Crippen LogP contribution < -0.4 is 5.32 Å². The van der Waals surface area contributed by atoms with Crippen LogP contribution in [0.4, 0.5) is 0 Å². The summed E-state index contributed by atoms with van der Waals surface area (Å²) in [5.41, 5.74) is 0. The second kappa shape index (κ2) is 5.69. The van der Waals surface area contributed by atoms with Crippen molar-refractivity contribution >= 4 is 11.9 Å². The van der Waals surface area contributed by atoms with Gasteiger partial charge in [0.2, 0.25) is 5.91 Å². The Labute approximate surface area is 119 Å². The van der Waals surface area contributed by atoms with Gasteiger partial charge in [0.25, 0.3) is 0 Å². The van der Waals surface area contributed by atoms with E-state index >= 15 is 0 Å². The molecule has 3 saturated heterocycles. The Morgan fingerprint density at radius 2 is 1.90 bits per heavy atom. The lowest BCUT2D eigenvalue weighted by molar-refractivity contribution is -0.140. The number of carboxylic acids is 1. The Balaban J connectivity index is 1.46. The van der Waals surface area contributed by atoms with Crippen LogP contribution in [0.2, 0.25) is 0 Å². The number of fused-ring (bicyclic) bond motifs is 2. The van der Waals surface area contributed by atoms with E-state index in [4.69, 9.17) is 5.11 Å². The number of hydrogen-bond donors (Lipinski definition) is 2. The van der Waals surface area contributed by atoms with Crippen molar-refractivity contribution in [3.05, 3.63) is 0 Å². The predicted octanol–water partition coefficient (Wildman–Crippen LogP) is -0.254. The van der Waals surface area contributed by atoms with Crippen LogP contribution in [0.3, 0.4) is 0 Å². The second-order valence-electron chi connectivity index (χ2n) is 6.20. The van der Waals surface area contributed by atoms with E-state index < -0.39 is 5.97 Å². The molecule has 3 atom stereocenters. The van der Waals surface area contributed by atoms with Gasteiger partial charge < -0.3 is 15.3 Å². The number of rotatable bonds is 4. The Kier molecular flexibility index (Phi) is 3.94. The molecule has 3 fully saturated rings. The highest BCUT2D eigenvalue weighted by atomic mass is 16.4. The van der Waals surface area contributed by atoms with Crippen LogP contribution in [0.1, 0.15) is 25.7 Å². The first-order valence-corrected chi connectivity index (χ1v) is 7.62. The molecule has 2 N–H and O–H groups in total. The molecule has 3 aliphatic rings. The maximum Gasteiger partial charge on any atom is 0.304 e. The van der Waals surface area contributed by atoms with Gasteiger partial charge in [-0.3, -0.25) is 14.5 Å². The number of carboxylic acid groups (broad SMARTS) is 1. The van der Waals surface area contributed by atoms with Gasteiger partial charge in [0.1, 0.15) is 0 Å². The summed E-state index contributed by atoms with van der Waals surface area (Å²) < 4.78 is 0. The Hall–Kier alpha value is -1.14. The number of carbonyl (C=O) groups is 2. The van der Waals surface area contributed by atoms with E-state index in [1.54, 1.807) is 0 Å². The summed E-state index contributed by atoms with van der Waals surface area (Å²) in [7, 11) is 0. The number of hydrogen-bond acceptors (Lipinski definition) is 4. The molecule has 0 saturated carbocycles. The molecule has 3 heterocycles. The smallest absolute Gasteiger partial charge is 0.304 e. The first-order chi connectivity index (χ1) is 9.63. The highest BCUT2D eigenvalue weighted by Gasteiger charge is 2.44. The predicted molar refractivity (Wildman–Crippen MR) is 73.3 cm³/mol. The van der Waals surface area contributed by atoms with Gasteiger partial charge in [0, 0.05) is 44.8 Å². The van der Waals surface area contributed by atoms with Gasteiger partial charge in [-0.2, -0.15) is 0 Å². The molecule has 0 aliphatic carbocycles. The van der Waals surface area contributed by atoms with E-state index in [9.17, 15) is 9.59 Å². The van der Waals surface area contributed by atoms with E-state index in [-0.39, 0.29) is 12.3 Å². The zero-order valence-electron chi connectivity index (χ0n) is 11.8. The number of piperazine rings is 1. The fourth-order valence-corrected chi connectivity index (χ4v) is 3.78. The molecule has 112 valence electrons. The highest BCUT2D eigenvalue weighted by molar-refractivity contribution is 5.80. The fourth-order valence-electron chi connectivity index (χ4n) is 3.78. The summed E-state index contributed by atoms with van der Waals surface area (Å²) in [4.78, 5) is 27.2. The summed E-state index contributed by atoms with van der Waals surface area (Å²) in [5.74, 6) is -0.265. The second-order valence-corrected chi connectivity index (χ2v) is 6.20. The summed E-state index contributed by atoms with van der Waals surface area (Å²) in [6.45, 7) is 3.67. The zero-order valence-corrected chi connectivity index (χ0v) is 11.8. The number of nitrogens with one attached hydrogen (secondary N) is 1. The molecule has 3 aliphatic heterocycles. The molecule has 1 amide bonds. The summed E-state index contributed by atoms with van der Waals surface area (Å²) in [5, 5.41) is 12.2. The molecule has 0 radical (unpaired) electrons. The van der Waals surface area contributed by atoms with Crippen molar-refractivity contribution < 1.29 is 14.7 Å². The van der Waals surface area contributed by atoms with E-state index in [1.807, 2.05) is 4.90 Å². The van der Waals surface area contributed by atoms with Gasteiger partial charge in [-0.1, -0.05) is 0 Å². The van der Waals surface area contributed by atoms with Gasteiger partial charge in [0.05, 0.1) is 12.3 Å². The van der Waals surface area contributed by atoms with E-state index in [0.717, 1.165) is 39.0 Å². The van der Waals surface area contributed by atoms with E-state index in [1.165, 1.54) is 6.42 Å². The van der Waals surface area contributed by atoms with Crippen LogP contribution in [0.5, 0.6) is 0 Å². The molecular formula is C14H23N3O3. The topological polar surface area (TPSA) is 72.9 Å². The molecule has 20 heavy (non-hydrogen) atoms. The summed E-state index contributed by atoms with van der Waals surface area (Å²) >= 11 is 0. The molecule has 6 heteroatoms. The lowest BCUT2D eigenvalue weighted by atomic mass is 9.88. The van der Waals surface area contributed by atoms with Gasteiger partial charge in [-0.25, -0.2) is 0 Å². The van der Waals surface area contributed by atoms with Gasteiger partial charge in [-0.15, -0.1) is 0 Å². The quantitative estimate of drug-likeness (QED) is 0.743. The van der Waals surface area contributed by atoms with Gasteiger partial charge in [0.15, 0.2) is 0 Å². The van der Waals surface area contributed by atoms with Crippen molar-refractivity contribution in [2.45, 2.75) is 37.8 Å². The van der Waals surface area contributed by atoms with Crippen molar-refractivity contribution in [3.63, 3.8) is 0 Å². The third-order valence-corrected chi connectivity index (χ3v) is 4.94. The first kappa shape index (κ1) is 13.8. The SMILES string of the molecule is O=C(O)CCN1CCN(C(=O)C2CC3CCC2N3)CC1. The largest absolute Gasteiger partial charge is 0.481 e. The standard InChI is InChI=1S/C14H23N3O3/c18-13(19)3-4-16-5-7-17(8-6-16)14(20)11-9-10-1-2-12(11)15-10/h10-12,15H,1-9H2,(H,18,19). The lowest BCUT2D eigenvalue weighted by Gasteiger charge is -2.36. The molecule has 0 spiro atoms. The molecule has 2 bridgehead atoms. The first-order valence-electron chi connectivity index (χ1n) is 7.62. The van der Waals surface area contributed by atoms with Crippen LogP contribution in [-0.4, -0.2) is 71.6 Å². The van der Waals surface area contributed by atoms with Crippen molar-refractivity contribution in [1.29, 1.82) is 0 Å². The van der Waals surface area contributed by atoms with Gasteiger partial charge in [-0.05, 0) is 19.3 Å². The normalized spacial score (nSPS) is 33.6. The van der Waals surface area contributed by atoms with Crippen LogP contribution in [-0.2, 0) is 9.59 Å². The molecule has 3 unspecified atom stereocenters. The average Bonchev–Trinajstić information content (AvgIpc) is 3.07. The fraction of sp³-hybridized carbons (Fsp3) is 0.857. The Bertz CT molecular complexity index is 393.